The Hall–Kier alpha value is -5.44. The van der Waals surface area contributed by atoms with Crippen LogP contribution in [0.1, 0.15) is 59.2 Å². The zero-order valence-corrected chi connectivity index (χ0v) is 33.8. The molecule has 272 valence electrons. The fourth-order valence-electron chi connectivity index (χ4n) is 7.87. The van der Waals surface area contributed by atoms with Crippen molar-refractivity contribution in [2.45, 2.75) is 54.9 Å². The Morgan fingerprint density at radius 2 is 1.67 bits per heavy atom. The maximum atomic E-state index is 4.13. The van der Waals surface area contributed by atoms with Crippen LogP contribution in [-0.4, -0.2) is 4.57 Å². The van der Waals surface area contributed by atoms with E-state index in [4.69, 9.17) is 0 Å². The van der Waals surface area contributed by atoms with Crippen molar-refractivity contribution in [2.24, 2.45) is 11.8 Å². The maximum absolute atomic E-state index is 4.13. The largest absolute Gasteiger partial charge is 0.310 e. The van der Waals surface area contributed by atoms with Crippen LogP contribution in [0.2, 0.25) is 0 Å². The summed E-state index contributed by atoms with van der Waals surface area (Å²) >= 11 is 1.87. The van der Waals surface area contributed by atoms with Gasteiger partial charge in [-0.2, -0.15) is 0 Å². The van der Waals surface area contributed by atoms with Gasteiger partial charge in [-0.15, -0.1) is 11.3 Å². The maximum Gasteiger partial charge on any atom is 0.0544 e. The number of fused-ring (bicyclic) bond motifs is 4. The smallest absolute Gasteiger partial charge is 0.0544 e. The van der Waals surface area contributed by atoms with E-state index in [9.17, 15) is 0 Å². The molecule has 0 fully saturated rings. The average Bonchev–Trinajstić information content (AvgIpc) is 3.47. The van der Waals surface area contributed by atoms with E-state index in [1.165, 1.54) is 87.0 Å². The van der Waals surface area contributed by atoms with Crippen LogP contribution in [0.3, 0.4) is 0 Å². The number of thiophene rings is 1. The van der Waals surface area contributed by atoms with Crippen molar-refractivity contribution in [3.8, 4) is 0 Å². The van der Waals surface area contributed by atoms with Gasteiger partial charge in [-0.3, -0.25) is 0 Å². The monoisotopic (exact) mass is 723 g/mol. The van der Waals surface area contributed by atoms with Crippen LogP contribution in [0.25, 0.3) is 42.8 Å². The number of aryl methyl sites for hydroxylation is 1. The molecule has 0 spiro atoms. The molecule has 4 aromatic rings. The summed E-state index contributed by atoms with van der Waals surface area (Å²) < 4.78 is 5.09. The first-order valence-corrected chi connectivity index (χ1v) is 20.1. The Labute approximate surface area is 327 Å². The number of benzene rings is 2. The number of nitrogens with zero attached hydrogens (tertiary/aromatic N) is 1. The van der Waals surface area contributed by atoms with Crippen molar-refractivity contribution in [3.63, 3.8) is 0 Å². The molecule has 0 aliphatic heterocycles. The highest BCUT2D eigenvalue weighted by atomic mass is 32.1. The number of aromatic nitrogens is 1. The van der Waals surface area contributed by atoms with Crippen LogP contribution in [0, 0.1) is 18.8 Å². The molecular formula is C52H53NS. The molecule has 0 bridgehead atoms. The van der Waals surface area contributed by atoms with Gasteiger partial charge in [-0.1, -0.05) is 166 Å². The summed E-state index contributed by atoms with van der Waals surface area (Å²) in [6.45, 7) is 23.3. The molecule has 2 aromatic heterocycles. The minimum Gasteiger partial charge on any atom is -0.310 e. The lowest BCUT2D eigenvalue weighted by Crippen LogP contribution is -2.08. The predicted octanol–water partition coefficient (Wildman–Crippen LogP) is 15.5. The van der Waals surface area contributed by atoms with Crippen LogP contribution in [0.15, 0.2) is 192 Å². The first-order valence-electron chi connectivity index (χ1n) is 19.3. The van der Waals surface area contributed by atoms with Crippen molar-refractivity contribution < 1.29 is 0 Å². The summed E-state index contributed by atoms with van der Waals surface area (Å²) in [6, 6.07) is 13.5. The Kier molecular flexibility index (Phi) is 12.2. The fourth-order valence-corrected chi connectivity index (χ4v) is 9.00. The summed E-state index contributed by atoms with van der Waals surface area (Å²) in [6.07, 6.45) is 40.6. The molecule has 2 heteroatoms. The van der Waals surface area contributed by atoms with Crippen molar-refractivity contribution in [3.05, 3.63) is 203 Å². The van der Waals surface area contributed by atoms with Gasteiger partial charge in [0.15, 0.2) is 0 Å². The third-order valence-corrected chi connectivity index (χ3v) is 11.7. The van der Waals surface area contributed by atoms with E-state index < -0.39 is 0 Å². The summed E-state index contributed by atoms with van der Waals surface area (Å²) in [5.74, 6) is 0.429. The molecule has 2 unspecified atom stereocenters. The minimum absolute atomic E-state index is 0.200. The summed E-state index contributed by atoms with van der Waals surface area (Å²) in [5, 5.41) is 3.92. The van der Waals surface area contributed by atoms with Gasteiger partial charge in [0.25, 0.3) is 0 Å². The average molecular weight is 724 g/mol. The summed E-state index contributed by atoms with van der Waals surface area (Å²) in [7, 11) is 0. The zero-order chi connectivity index (χ0) is 38.4. The van der Waals surface area contributed by atoms with Gasteiger partial charge in [0, 0.05) is 48.8 Å². The molecular weight excluding hydrogens is 671 g/mol. The van der Waals surface area contributed by atoms with E-state index in [1.807, 2.05) is 43.4 Å². The van der Waals surface area contributed by atoms with Crippen LogP contribution in [0.5, 0.6) is 0 Å². The molecule has 1 nitrogen and oxygen atoms in total. The van der Waals surface area contributed by atoms with Crippen LogP contribution in [0.4, 0.5) is 0 Å². The quantitative estimate of drug-likeness (QED) is 0.160. The molecule has 0 amide bonds. The third kappa shape index (κ3) is 7.49. The topological polar surface area (TPSA) is 4.93 Å². The first kappa shape index (κ1) is 38.3. The second-order valence-electron chi connectivity index (χ2n) is 14.0. The number of rotatable bonds is 8. The SMILES string of the molecule is C=C/C=C\c1c(C)c2cc3sc4ccccc4c3cc2n1C1=CC(C)\C(=C/C(=C\C)C(=C/C=C)/C2=C(C)C(C3=CC=CC=C(C)C3)C=CC=C2)C=C1.CC. The number of hydrogen-bond donors (Lipinski definition) is 0. The van der Waals surface area contributed by atoms with Crippen LogP contribution < -0.4 is 0 Å². The van der Waals surface area contributed by atoms with E-state index in [-0.39, 0.29) is 11.8 Å². The highest BCUT2D eigenvalue weighted by molar-refractivity contribution is 7.25. The summed E-state index contributed by atoms with van der Waals surface area (Å²) in [5.41, 5.74) is 13.9. The van der Waals surface area contributed by atoms with E-state index in [1.54, 1.807) is 0 Å². The van der Waals surface area contributed by atoms with Gasteiger partial charge in [-0.05, 0) is 92.3 Å². The van der Waals surface area contributed by atoms with Crippen LogP contribution in [-0.2, 0) is 0 Å². The highest BCUT2D eigenvalue weighted by Gasteiger charge is 2.23. The third-order valence-electron chi connectivity index (χ3n) is 10.6. The van der Waals surface area contributed by atoms with Gasteiger partial charge in [0.1, 0.15) is 0 Å². The van der Waals surface area contributed by atoms with Gasteiger partial charge >= 0.3 is 0 Å². The predicted molar refractivity (Wildman–Crippen MR) is 243 cm³/mol. The molecule has 3 aliphatic rings. The standard InChI is InChI=1S/C50H47NS.C2H6/c1-8-11-24-47-36(7)45-32-50-46(44-23-16-17-25-49(44)52-50)31-48(45)51(47)40-27-26-38(34(5)29-40)30-37(10-3)43(18-9-2)42-22-15-14-21-41(35(42)6)39-20-13-12-19-33(4)28-39;1-2/h8-27,29-32,34,41H,1-2,28H2,3-7H3;1-2H3/b24-11-,37-10+,38-30-,43-18-;. The van der Waals surface area contributed by atoms with E-state index >= 15 is 0 Å². The minimum atomic E-state index is 0.200. The molecule has 54 heavy (non-hydrogen) atoms. The normalized spacial score (nSPS) is 20.0. The highest BCUT2D eigenvalue weighted by Crippen LogP contribution is 2.42. The molecule has 2 aromatic carbocycles. The van der Waals surface area contributed by atoms with Gasteiger partial charge in [0.05, 0.1) is 5.52 Å². The second-order valence-corrected chi connectivity index (χ2v) is 15.0. The Morgan fingerprint density at radius 3 is 2.43 bits per heavy atom. The van der Waals surface area contributed by atoms with Crippen LogP contribution >= 0.6 is 11.3 Å². The van der Waals surface area contributed by atoms with Gasteiger partial charge in [0.2, 0.25) is 0 Å². The Balaban J connectivity index is 0.00000245. The molecule has 2 atom stereocenters. The molecule has 0 saturated heterocycles. The molecule has 3 aliphatic carbocycles. The molecule has 0 radical (unpaired) electrons. The summed E-state index contributed by atoms with van der Waals surface area (Å²) in [4.78, 5) is 0. The number of hydrogen-bond acceptors (Lipinski definition) is 1. The van der Waals surface area contributed by atoms with Crippen molar-refractivity contribution in [2.75, 3.05) is 0 Å². The number of allylic oxidation sites excluding steroid dienone is 25. The van der Waals surface area contributed by atoms with Gasteiger partial charge in [-0.25, -0.2) is 0 Å². The van der Waals surface area contributed by atoms with E-state index in [0.29, 0.717) is 0 Å². The van der Waals surface area contributed by atoms with Crippen molar-refractivity contribution >= 4 is 54.2 Å². The van der Waals surface area contributed by atoms with E-state index in [2.05, 4.69) is 180 Å². The fraction of sp³-hybridized carbons (Fsp3) is 0.192. The Morgan fingerprint density at radius 1 is 0.870 bits per heavy atom. The Bertz CT molecular complexity index is 2510. The second kappa shape index (κ2) is 17.1. The lowest BCUT2D eigenvalue weighted by atomic mass is 9.82. The van der Waals surface area contributed by atoms with E-state index in [0.717, 1.165) is 6.42 Å². The van der Waals surface area contributed by atoms with Crippen molar-refractivity contribution in [1.82, 2.24) is 4.57 Å². The molecule has 2 heterocycles. The van der Waals surface area contributed by atoms with Crippen molar-refractivity contribution in [1.29, 1.82) is 0 Å². The zero-order valence-electron chi connectivity index (χ0n) is 33.0. The first-order chi connectivity index (χ1) is 26.3. The molecule has 0 saturated carbocycles. The molecule has 0 N–H and O–H groups in total. The lowest BCUT2D eigenvalue weighted by Gasteiger charge is -2.23. The van der Waals surface area contributed by atoms with Gasteiger partial charge < -0.3 is 4.57 Å². The lowest BCUT2D eigenvalue weighted by molar-refractivity contribution is 0.839. The molecule has 7 rings (SSSR count).